The maximum Gasteiger partial charge on any atom is 0.416 e. The Kier molecular flexibility index (Phi) is 6.24. The first-order chi connectivity index (χ1) is 13.7. The topological polar surface area (TPSA) is 27.2 Å². The van der Waals surface area contributed by atoms with Crippen molar-refractivity contribution in [3.8, 4) is 11.4 Å². The standard InChI is InChI=1S/C21H23F3N4S/c1-4-27-19(18-8-6-5-7-15(18)2)25-28(20(27)29)14-26(3)13-16-9-11-17(12-10-16)21(22,23)24/h5-12H,4,13-14H2,1-3H3/p+1. The fraction of sp³-hybridized carbons (Fsp3) is 0.333. The molecule has 0 aliphatic carbocycles. The average Bonchev–Trinajstić information content (AvgIpc) is 2.97. The van der Waals surface area contributed by atoms with E-state index in [1.54, 1.807) is 4.68 Å². The van der Waals surface area contributed by atoms with E-state index in [1.165, 1.54) is 12.1 Å². The number of rotatable bonds is 6. The number of nitrogens with one attached hydrogen (secondary N) is 1. The van der Waals surface area contributed by atoms with Crippen LogP contribution >= 0.6 is 12.2 Å². The van der Waals surface area contributed by atoms with Gasteiger partial charge in [0.1, 0.15) is 6.54 Å². The van der Waals surface area contributed by atoms with Crippen LogP contribution in [-0.4, -0.2) is 21.4 Å². The number of hydrogen-bond donors (Lipinski definition) is 1. The molecule has 0 bridgehead atoms. The fourth-order valence-electron chi connectivity index (χ4n) is 3.32. The summed E-state index contributed by atoms with van der Waals surface area (Å²) in [6.07, 6.45) is -4.32. The molecule has 0 fully saturated rings. The second kappa shape index (κ2) is 8.51. The third-order valence-electron chi connectivity index (χ3n) is 4.83. The molecule has 3 aromatic rings. The summed E-state index contributed by atoms with van der Waals surface area (Å²) in [6, 6.07) is 13.3. The van der Waals surface area contributed by atoms with Gasteiger partial charge in [-0.1, -0.05) is 36.4 Å². The molecule has 0 spiro atoms. The Morgan fingerprint density at radius 1 is 1.07 bits per heavy atom. The molecule has 1 aromatic heterocycles. The molecule has 0 amide bonds. The number of hydrogen-bond acceptors (Lipinski definition) is 2. The van der Waals surface area contributed by atoms with Crippen LogP contribution in [0.15, 0.2) is 48.5 Å². The number of benzene rings is 2. The minimum atomic E-state index is -4.32. The van der Waals surface area contributed by atoms with Gasteiger partial charge in [-0.2, -0.15) is 17.9 Å². The lowest BCUT2D eigenvalue weighted by molar-refractivity contribution is -0.917. The fourth-order valence-corrected chi connectivity index (χ4v) is 3.64. The molecule has 0 saturated heterocycles. The number of quaternary nitrogens is 1. The summed E-state index contributed by atoms with van der Waals surface area (Å²) in [7, 11) is 1.97. The minimum Gasteiger partial charge on any atom is -0.315 e. The van der Waals surface area contributed by atoms with Crippen molar-refractivity contribution in [3.05, 3.63) is 70.0 Å². The lowest BCUT2D eigenvalue weighted by Crippen LogP contribution is -3.07. The van der Waals surface area contributed by atoms with Gasteiger partial charge < -0.3 is 9.47 Å². The highest BCUT2D eigenvalue weighted by Crippen LogP contribution is 2.29. The number of halogens is 3. The molecule has 154 valence electrons. The Labute approximate surface area is 173 Å². The van der Waals surface area contributed by atoms with Crippen LogP contribution in [0.1, 0.15) is 23.6 Å². The minimum absolute atomic E-state index is 0.520. The molecule has 0 aliphatic heterocycles. The number of nitrogens with zero attached hydrogens (tertiary/aromatic N) is 3. The van der Waals surface area contributed by atoms with E-state index in [0.29, 0.717) is 24.5 Å². The third kappa shape index (κ3) is 4.76. The molecule has 3 rings (SSSR count). The second-order valence-electron chi connectivity index (χ2n) is 7.15. The van der Waals surface area contributed by atoms with Crippen LogP contribution in [0.25, 0.3) is 11.4 Å². The van der Waals surface area contributed by atoms with Gasteiger partial charge in [-0.3, -0.25) is 0 Å². The highest BCUT2D eigenvalue weighted by Gasteiger charge is 2.30. The molecule has 8 heteroatoms. The molecule has 1 atom stereocenters. The van der Waals surface area contributed by atoms with E-state index in [2.05, 4.69) is 0 Å². The van der Waals surface area contributed by atoms with E-state index >= 15 is 0 Å². The van der Waals surface area contributed by atoms with Crippen LogP contribution in [0.2, 0.25) is 0 Å². The van der Waals surface area contributed by atoms with Crippen LogP contribution in [0.3, 0.4) is 0 Å². The average molecular weight is 422 g/mol. The van der Waals surface area contributed by atoms with Gasteiger partial charge in [-0.05, 0) is 43.8 Å². The Balaban J connectivity index is 1.80. The van der Waals surface area contributed by atoms with Crippen LogP contribution < -0.4 is 4.90 Å². The monoisotopic (exact) mass is 421 g/mol. The summed E-state index contributed by atoms with van der Waals surface area (Å²) in [5.41, 5.74) is 2.36. The zero-order valence-corrected chi connectivity index (χ0v) is 17.4. The number of aryl methyl sites for hydroxylation is 1. The van der Waals surface area contributed by atoms with E-state index in [-0.39, 0.29) is 0 Å². The number of aromatic nitrogens is 3. The van der Waals surface area contributed by atoms with Crippen molar-refractivity contribution in [1.29, 1.82) is 0 Å². The van der Waals surface area contributed by atoms with Gasteiger partial charge in [0, 0.05) is 17.7 Å². The maximum absolute atomic E-state index is 12.7. The first-order valence-corrected chi connectivity index (χ1v) is 9.82. The van der Waals surface area contributed by atoms with E-state index in [1.807, 2.05) is 49.7 Å². The molecule has 1 heterocycles. The molecule has 0 aliphatic rings. The highest BCUT2D eigenvalue weighted by atomic mass is 32.1. The normalized spacial score (nSPS) is 12.9. The predicted octanol–water partition coefficient (Wildman–Crippen LogP) is 4.10. The van der Waals surface area contributed by atoms with Crippen LogP contribution in [0.5, 0.6) is 0 Å². The van der Waals surface area contributed by atoms with Gasteiger partial charge in [0.2, 0.25) is 4.77 Å². The molecule has 29 heavy (non-hydrogen) atoms. The first-order valence-electron chi connectivity index (χ1n) is 9.41. The van der Waals surface area contributed by atoms with Crippen LogP contribution in [-0.2, 0) is 25.9 Å². The highest BCUT2D eigenvalue weighted by molar-refractivity contribution is 7.71. The molecule has 0 saturated carbocycles. The summed E-state index contributed by atoms with van der Waals surface area (Å²) in [4.78, 5) is 1.07. The van der Waals surface area contributed by atoms with Crippen molar-refractivity contribution < 1.29 is 18.1 Å². The summed E-state index contributed by atoms with van der Waals surface area (Å²) < 4.78 is 42.6. The van der Waals surface area contributed by atoms with Gasteiger partial charge in [0.15, 0.2) is 12.5 Å². The van der Waals surface area contributed by atoms with Crippen molar-refractivity contribution in [1.82, 2.24) is 14.3 Å². The Morgan fingerprint density at radius 2 is 1.72 bits per heavy atom. The maximum atomic E-state index is 12.7. The van der Waals surface area contributed by atoms with Crippen molar-refractivity contribution in [2.75, 3.05) is 7.05 Å². The molecular formula is C21H24F3N4S+. The Morgan fingerprint density at radius 3 is 2.31 bits per heavy atom. The second-order valence-corrected chi connectivity index (χ2v) is 7.52. The van der Waals surface area contributed by atoms with Crippen molar-refractivity contribution in [2.45, 2.75) is 39.8 Å². The van der Waals surface area contributed by atoms with Crippen molar-refractivity contribution in [2.24, 2.45) is 0 Å². The number of alkyl halides is 3. The summed E-state index contributed by atoms with van der Waals surface area (Å²) in [5, 5.41) is 4.75. The first kappa shape index (κ1) is 21.3. The van der Waals surface area contributed by atoms with E-state index in [4.69, 9.17) is 17.3 Å². The van der Waals surface area contributed by atoms with E-state index in [9.17, 15) is 13.2 Å². The van der Waals surface area contributed by atoms with Gasteiger partial charge in [0.25, 0.3) is 0 Å². The molecule has 1 N–H and O–H groups in total. The smallest absolute Gasteiger partial charge is 0.315 e. The summed E-state index contributed by atoms with van der Waals surface area (Å²) in [6.45, 7) is 5.87. The molecular weight excluding hydrogens is 397 g/mol. The quantitative estimate of drug-likeness (QED) is 0.607. The van der Waals surface area contributed by atoms with Gasteiger partial charge in [-0.25, -0.2) is 0 Å². The van der Waals surface area contributed by atoms with E-state index in [0.717, 1.165) is 39.5 Å². The largest absolute Gasteiger partial charge is 0.416 e. The SMILES string of the molecule is CCn1c(-c2ccccc2C)nn(C[NH+](C)Cc2ccc(C(F)(F)F)cc2)c1=S. The Hall–Kier alpha value is -2.45. The van der Waals surface area contributed by atoms with Gasteiger partial charge in [-0.15, -0.1) is 5.10 Å². The van der Waals surface area contributed by atoms with Crippen LogP contribution in [0, 0.1) is 11.7 Å². The Bertz CT molecular complexity index is 1040. The van der Waals surface area contributed by atoms with Crippen molar-refractivity contribution in [3.63, 3.8) is 0 Å². The van der Waals surface area contributed by atoms with Gasteiger partial charge in [0.05, 0.1) is 12.6 Å². The van der Waals surface area contributed by atoms with E-state index < -0.39 is 11.7 Å². The molecule has 1 unspecified atom stereocenters. The van der Waals surface area contributed by atoms with Crippen LogP contribution in [0.4, 0.5) is 13.2 Å². The molecule has 4 nitrogen and oxygen atoms in total. The van der Waals surface area contributed by atoms with Gasteiger partial charge >= 0.3 is 6.18 Å². The zero-order valence-electron chi connectivity index (χ0n) is 16.6. The summed E-state index contributed by atoms with van der Waals surface area (Å²) >= 11 is 5.62. The lowest BCUT2D eigenvalue weighted by Gasteiger charge is -2.14. The third-order valence-corrected chi connectivity index (χ3v) is 5.26. The van der Waals surface area contributed by atoms with Crippen molar-refractivity contribution >= 4 is 12.2 Å². The predicted molar refractivity (Wildman–Crippen MR) is 109 cm³/mol. The summed E-state index contributed by atoms with van der Waals surface area (Å²) in [5.74, 6) is 0.831. The zero-order chi connectivity index (χ0) is 21.2. The lowest BCUT2D eigenvalue weighted by atomic mass is 10.1. The molecule has 2 aromatic carbocycles. The molecule has 0 radical (unpaired) electrons.